The second-order valence-electron chi connectivity index (χ2n) is 8.82. The summed E-state index contributed by atoms with van der Waals surface area (Å²) in [6.45, 7) is 3.02. The molecule has 8 atom stereocenters. The van der Waals surface area contributed by atoms with Crippen LogP contribution >= 0.6 is 0 Å². The smallest absolute Gasteiger partial charge is 0.337 e. The summed E-state index contributed by atoms with van der Waals surface area (Å²) in [7, 11) is 1.16. The summed E-state index contributed by atoms with van der Waals surface area (Å²) in [6.07, 6.45) is -6.59. The van der Waals surface area contributed by atoms with Gasteiger partial charge in [-0.15, -0.1) is 6.58 Å². The summed E-state index contributed by atoms with van der Waals surface area (Å²) >= 11 is 0. The zero-order chi connectivity index (χ0) is 28.0. The Kier molecular flexibility index (Phi) is 10.1. The van der Waals surface area contributed by atoms with E-state index in [1.807, 2.05) is 0 Å². The molecule has 0 amide bonds. The lowest BCUT2D eigenvalue weighted by Gasteiger charge is -2.42. The first kappa shape index (κ1) is 29.4. The fourth-order valence-electron chi connectivity index (χ4n) is 4.23. The summed E-state index contributed by atoms with van der Waals surface area (Å²) in [5, 5.41) is 58.7. The quantitative estimate of drug-likeness (QED) is 0.123. The molecule has 13 nitrogen and oxygen atoms in total. The van der Waals surface area contributed by atoms with Crippen LogP contribution in [0.2, 0.25) is 0 Å². The highest BCUT2D eigenvalue weighted by atomic mass is 16.8. The van der Waals surface area contributed by atoms with Crippen molar-refractivity contribution >= 4 is 11.9 Å². The van der Waals surface area contributed by atoms with Crippen LogP contribution in [0, 0.1) is 11.8 Å². The van der Waals surface area contributed by atoms with Gasteiger partial charge in [-0.1, -0.05) is 12.1 Å². The van der Waals surface area contributed by atoms with E-state index in [9.17, 15) is 40.2 Å². The van der Waals surface area contributed by atoms with E-state index in [0.29, 0.717) is 5.56 Å². The van der Waals surface area contributed by atoms with Gasteiger partial charge in [0.1, 0.15) is 24.4 Å². The van der Waals surface area contributed by atoms with E-state index in [1.165, 1.54) is 18.2 Å². The number of carbonyl (C=O) groups excluding carboxylic acids is 2. The lowest BCUT2D eigenvalue weighted by atomic mass is 9.81. The van der Waals surface area contributed by atoms with Gasteiger partial charge in [0.05, 0.1) is 38.6 Å². The van der Waals surface area contributed by atoms with Gasteiger partial charge in [0.25, 0.3) is 0 Å². The predicted octanol–water partition coefficient (Wildman–Crippen LogP) is -0.778. The molecule has 38 heavy (non-hydrogen) atoms. The van der Waals surface area contributed by atoms with E-state index < -0.39 is 67.4 Å². The molecule has 0 bridgehead atoms. The Labute approximate surface area is 218 Å². The molecule has 1 aromatic carbocycles. The maximum Gasteiger partial charge on any atom is 0.337 e. The van der Waals surface area contributed by atoms with Crippen LogP contribution in [-0.2, 0) is 39.7 Å². The Balaban J connectivity index is 1.70. The highest BCUT2D eigenvalue weighted by molar-refractivity contribution is 5.90. The molecule has 210 valence electrons. The Hall–Kier alpha value is -3.20. The Bertz CT molecular complexity index is 1020. The molecule has 0 aliphatic carbocycles. The fraction of sp³-hybridized carbons (Fsp3) is 0.520. The van der Waals surface area contributed by atoms with Crippen molar-refractivity contribution in [3.63, 3.8) is 0 Å². The van der Waals surface area contributed by atoms with Crippen LogP contribution < -0.4 is 0 Å². The van der Waals surface area contributed by atoms with E-state index in [2.05, 4.69) is 6.58 Å². The van der Waals surface area contributed by atoms with Crippen molar-refractivity contribution in [2.24, 2.45) is 11.8 Å². The van der Waals surface area contributed by atoms with Crippen molar-refractivity contribution < 1.29 is 63.9 Å². The molecule has 0 aromatic heterocycles. The number of phenols is 2. The number of aliphatic hydroxyl groups is 4. The number of hydrogen-bond donors (Lipinski definition) is 6. The summed E-state index contributed by atoms with van der Waals surface area (Å²) in [5.41, 5.74) is 0.623. The van der Waals surface area contributed by atoms with Crippen molar-refractivity contribution in [3.05, 3.63) is 48.3 Å². The number of methoxy groups -OCH3 is 1. The number of benzene rings is 1. The van der Waals surface area contributed by atoms with Gasteiger partial charge in [-0.2, -0.15) is 0 Å². The lowest BCUT2D eigenvalue weighted by Crippen LogP contribution is -2.60. The number of hydrogen-bond acceptors (Lipinski definition) is 13. The molecule has 6 N–H and O–H groups in total. The van der Waals surface area contributed by atoms with Crippen molar-refractivity contribution in [3.8, 4) is 11.5 Å². The summed E-state index contributed by atoms with van der Waals surface area (Å²) in [5.74, 6) is -3.75. The first-order chi connectivity index (χ1) is 18.1. The second-order valence-corrected chi connectivity index (χ2v) is 8.82. The van der Waals surface area contributed by atoms with Crippen LogP contribution in [0.1, 0.15) is 12.0 Å². The molecule has 2 aliphatic heterocycles. The minimum atomic E-state index is -1.70. The van der Waals surface area contributed by atoms with Gasteiger partial charge in [0.2, 0.25) is 6.29 Å². The average Bonchev–Trinajstić information content (AvgIpc) is 2.90. The van der Waals surface area contributed by atoms with E-state index in [-0.39, 0.29) is 36.5 Å². The predicted molar refractivity (Wildman–Crippen MR) is 126 cm³/mol. The van der Waals surface area contributed by atoms with Crippen LogP contribution in [0.5, 0.6) is 11.5 Å². The second kappa shape index (κ2) is 13.0. The normalized spacial score (nSPS) is 31.0. The minimum Gasteiger partial charge on any atom is -0.504 e. The van der Waals surface area contributed by atoms with Gasteiger partial charge in [-0.25, -0.2) is 4.79 Å². The molecule has 3 rings (SSSR count). The maximum absolute atomic E-state index is 12.7. The molecule has 1 saturated heterocycles. The van der Waals surface area contributed by atoms with Crippen LogP contribution in [-0.4, -0.2) is 99.9 Å². The largest absolute Gasteiger partial charge is 0.504 e. The van der Waals surface area contributed by atoms with E-state index in [1.54, 1.807) is 6.07 Å². The summed E-state index contributed by atoms with van der Waals surface area (Å²) in [4.78, 5) is 25.1. The highest BCUT2D eigenvalue weighted by Gasteiger charge is 2.47. The molecule has 0 unspecified atom stereocenters. The summed E-state index contributed by atoms with van der Waals surface area (Å²) < 4.78 is 26.7. The van der Waals surface area contributed by atoms with E-state index >= 15 is 0 Å². The van der Waals surface area contributed by atoms with Crippen molar-refractivity contribution in [2.45, 2.75) is 49.8 Å². The van der Waals surface area contributed by atoms with Crippen molar-refractivity contribution in [2.75, 3.05) is 20.3 Å². The summed E-state index contributed by atoms with van der Waals surface area (Å²) in [6, 6.07) is 4.22. The van der Waals surface area contributed by atoms with Crippen molar-refractivity contribution in [1.29, 1.82) is 0 Å². The molecule has 13 heteroatoms. The van der Waals surface area contributed by atoms with Gasteiger partial charge in [-0.05, 0) is 17.7 Å². The molecule has 0 saturated carbocycles. The monoisotopic (exact) mass is 540 g/mol. The topological polar surface area (TPSA) is 202 Å². The fourth-order valence-corrected chi connectivity index (χ4v) is 4.23. The Morgan fingerprint density at radius 2 is 1.82 bits per heavy atom. The molecule has 2 aliphatic rings. The van der Waals surface area contributed by atoms with E-state index in [0.717, 1.165) is 13.4 Å². The van der Waals surface area contributed by atoms with Crippen LogP contribution in [0.4, 0.5) is 0 Å². The van der Waals surface area contributed by atoms with Crippen LogP contribution in [0.15, 0.2) is 42.7 Å². The number of phenolic OH excluding ortho intramolecular Hbond substituents is 2. The number of carbonyl (C=O) groups is 2. The average molecular weight is 541 g/mol. The molecule has 0 radical (unpaired) electrons. The van der Waals surface area contributed by atoms with E-state index in [4.69, 9.17) is 23.7 Å². The Morgan fingerprint density at radius 3 is 2.45 bits per heavy atom. The number of esters is 2. The van der Waals surface area contributed by atoms with Gasteiger partial charge < -0.3 is 54.3 Å². The highest BCUT2D eigenvalue weighted by Crippen LogP contribution is 2.37. The van der Waals surface area contributed by atoms with Crippen LogP contribution in [0.25, 0.3) is 0 Å². The molecule has 1 aromatic rings. The molecular formula is C25H32O13. The SMILES string of the molecule is C=C[C@@H]1[C@H](O[C@@H]2O[C@H](CO)[C@@H](O)[C@@H](O)[C@@H]2O)OC=C(C(=O)OC)[C@H]1CC(=O)OCCc1ccc(O)c(O)c1. The van der Waals surface area contributed by atoms with Gasteiger partial charge in [0, 0.05) is 18.3 Å². The van der Waals surface area contributed by atoms with Crippen molar-refractivity contribution in [1.82, 2.24) is 0 Å². The third kappa shape index (κ3) is 6.62. The zero-order valence-electron chi connectivity index (χ0n) is 20.6. The Morgan fingerprint density at radius 1 is 1.08 bits per heavy atom. The van der Waals surface area contributed by atoms with Crippen LogP contribution in [0.3, 0.4) is 0 Å². The van der Waals surface area contributed by atoms with Gasteiger partial charge in [0.15, 0.2) is 17.8 Å². The third-order valence-corrected chi connectivity index (χ3v) is 6.40. The van der Waals surface area contributed by atoms with Gasteiger partial charge >= 0.3 is 11.9 Å². The molecular weight excluding hydrogens is 508 g/mol. The lowest BCUT2D eigenvalue weighted by molar-refractivity contribution is -0.339. The standard InChI is InChI=1S/C25H32O13/c1-3-13-14(9-19(29)35-7-6-12-4-5-16(27)17(28)8-12)15(23(33)34-2)11-36-24(13)38-25-22(32)21(31)20(30)18(10-26)37-25/h3-5,8,11,13-14,18,20-22,24-28,30-32H,1,6-7,9-10H2,2H3/t13-,14-,18+,20+,21+,22-,24-,25-/m0/s1. The third-order valence-electron chi connectivity index (χ3n) is 6.40. The van der Waals surface area contributed by atoms with Gasteiger partial charge in [-0.3, -0.25) is 4.79 Å². The number of ether oxygens (including phenoxy) is 5. The minimum absolute atomic E-state index is 0.00598. The molecule has 2 heterocycles. The maximum atomic E-state index is 12.7. The first-order valence-corrected chi connectivity index (χ1v) is 11.8. The number of aliphatic hydroxyl groups excluding tert-OH is 4. The number of aromatic hydroxyl groups is 2. The number of rotatable bonds is 10. The zero-order valence-corrected chi connectivity index (χ0v) is 20.6. The first-order valence-electron chi connectivity index (χ1n) is 11.8. The molecule has 0 spiro atoms. The molecule has 1 fully saturated rings.